The molecule has 0 atom stereocenters. The summed E-state index contributed by atoms with van der Waals surface area (Å²) in [6, 6.07) is 24.8. The molecule has 1 aromatic heterocycles. The van der Waals surface area contributed by atoms with Crippen LogP contribution in [0.2, 0.25) is 0 Å². The van der Waals surface area contributed by atoms with Crippen molar-refractivity contribution in [1.29, 1.82) is 0 Å². The van der Waals surface area contributed by atoms with E-state index in [4.69, 9.17) is 0 Å². The summed E-state index contributed by atoms with van der Waals surface area (Å²) < 4.78 is 27.6. The van der Waals surface area contributed by atoms with Gasteiger partial charge >= 0.3 is 0 Å². The van der Waals surface area contributed by atoms with Gasteiger partial charge in [-0.2, -0.15) is 5.10 Å². The van der Waals surface area contributed by atoms with E-state index in [1.807, 2.05) is 30.3 Å². The summed E-state index contributed by atoms with van der Waals surface area (Å²) in [6.07, 6.45) is 1.34. The highest BCUT2D eigenvalue weighted by Crippen LogP contribution is 2.25. The van der Waals surface area contributed by atoms with Gasteiger partial charge < -0.3 is 5.32 Å². The molecule has 160 valence electrons. The van der Waals surface area contributed by atoms with Crippen LogP contribution in [0.15, 0.2) is 112 Å². The quantitative estimate of drug-likeness (QED) is 0.492. The number of hydrogen-bond donors (Lipinski definition) is 1. The molecule has 0 aliphatic heterocycles. The predicted octanol–water partition coefficient (Wildman–Crippen LogP) is 3.00. The predicted molar refractivity (Wildman–Crippen MR) is 119 cm³/mol. The number of nitrogens with zero attached hydrogens (tertiary/aromatic N) is 2. The third-order valence-corrected chi connectivity index (χ3v) is 6.59. The van der Waals surface area contributed by atoms with Gasteiger partial charge in [-0.25, -0.2) is 13.1 Å². The maximum atomic E-state index is 13.2. The average molecular weight is 446 g/mol. The number of benzene rings is 3. The fraction of sp³-hybridized carbons (Fsp3) is 0.0417. The molecule has 1 N–H and O–H groups in total. The van der Waals surface area contributed by atoms with E-state index in [0.717, 1.165) is 5.56 Å². The largest absolute Gasteiger partial charge is 0.346 e. The van der Waals surface area contributed by atoms with Gasteiger partial charge in [0.05, 0.1) is 15.5 Å². The fourth-order valence-electron chi connectivity index (χ4n) is 3.16. The second-order valence-electron chi connectivity index (χ2n) is 6.93. The van der Waals surface area contributed by atoms with E-state index in [0.29, 0.717) is 0 Å². The van der Waals surface area contributed by atoms with Crippen LogP contribution in [0.1, 0.15) is 16.1 Å². The Morgan fingerprint density at radius 3 is 2.19 bits per heavy atom. The molecule has 0 radical (unpaired) electrons. The topological polar surface area (TPSA) is 98.1 Å². The molecule has 3 aromatic carbocycles. The molecule has 0 saturated carbocycles. The highest BCUT2D eigenvalue weighted by molar-refractivity contribution is 7.91. The van der Waals surface area contributed by atoms with E-state index in [2.05, 4.69) is 10.4 Å². The first-order valence-corrected chi connectivity index (χ1v) is 11.3. The van der Waals surface area contributed by atoms with E-state index in [9.17, 15) is 18.0 Å². The highest BCUT2D eigenvalue weighted by Gasteiger charge is 2.22. The molecule has 0 fully saturated rings. The number of amides is 1. The van der Waals surface area contributed by atoms with Crippen molar-refractivity contribution in [2.45, 2.75) is 16.3 Å². The Bertz CT molecular complexity index is 1420. The summed E-state index contributed by atoms with van der Waals surface area (Å²) in [5.74, 6) is -0.642. The summed E-state index contributed by atoms with van der Waals surface area (Å²) in [4.78, 5) is 25.1. The maximum Gasteiger partial charge on any atom is 0.276 e. The standard InChI is InChI=1S/C24H19N3O4S/c28-21-15-16-27(26-23(21)24(29)25-17-18-9-3-1-4-10-18)20-13-7-8-14-22(20)32(30,31)19-11-5-2-6-12-19/h1-16H,17H2,(H,25,29). The lowest BCUT2D eigenvalue weighted by Gasteiger charge is -2.13. The Balaban J connectivity index is 1.70. The Morgan fingerprint density at radius 2 is 1.47 bits per heavy atom. The van der Waals surface area contributed by atoms with Crippen LogP contribution in [0.5, 0.6) is 0 Å². The molecule has 0 unspecified atom stereocenters. The first-order chi connectivity index (χ1) is 15.5. The second kappa shape index (κ2) is 8.99. The summed E-state index contributed by atoms with van der Waals surface area (Å²) >= 11 is 0. The van der Waals surface area contributed by atoms with Crippen LogP contribution < -0.4 is 10.7 Å². The summed E-state index contributed by atoms with van der Waals surface area (Å²) in [7, 11) is -3.85. The molecule has 4 aromatic rings. The first kappa shape index (κ1) is 21.2. The van der Waals surface area contributed by atoms with Crippen molar-refractivity contribution in [3.05, 3.63) is 119 Å². The monoisotopic (exact) mass is 445 g/mol. The molecule has 1 heterocycles. The summed E-state index contributed by atoms with van der Waals surface area (Å²) in [6.45, 7) is 0.231. The van der Waals surface area contributed by atoms with Crippen LogP contribution in [0.25, 0.3) is 5.69 Å². The van der Waals surface area contributed by atoms with Crippen LogP contribution in [-0.4, -0.2) is 24.1 Å². The molecule has 8 heteroatoms. The average Bonchev–Trinajstić information content (AvgIpc) is 2.84. The molecule has 0 saturated heterocycles. The van der Waals surface area contributed by atoms with Gasteiger partial charge in [-0.3, -0.25) is 9.59 Å². The number of hydrogen-bond acceptors (Lipinski definition) is 5. The maximum absolute atomic E-state index is 13.2. The molecule has 32 heavy (non-hydrogen) atoms. The zero-order valence-corrected chi connectivity index (χ0v) is 17.7. The van der Waals surface area contributed by atoms with Gasteiger partial charge in [-0.1, -0.05) is 60.7 Å². The number of carbonyl (C=O) groups excluding carboxylic acids is 1. The van der Waals surface area contributed by atoms with Gasteiger partial charge in [0.15, 0.2) is 5.69 Å². The lowest BCUT2D eigenvalue weighted by molar-refractivity contribution is 0.0943. The SMILES string of the molecule is O=C(NCc1ccccc1)c1nn(-c2ccccc2S(=O)(=O)c2ccccc2)ccc1=O. The van der Waals surface area contributed by atoms with Gasteiger partial charge in [-0.15, -0.1) is 0 Å². The van der Waals surface area contributed by atoms with E-state index in [1.54, 1.807) is 36.4 Å². The van der Waals surface area contributed by atoms with E-state index in [-0.39, 0.29) is 27.7 Å². The third kappa shape index (κ3) is 4.35. The minimum Gasteiger partial charge on any atom is -0.346 e. The smallest absolute Gasteiger partial charge is 0.276 e. The number of carbonyl (C=O) groups is 1. The number of sulfone groups is 1. The Morgan fingerprint density at radius 1 is 0.844 bits per heavy atom. The molecular weight excluding hydrogens is 426 g/mol. The van der Waals surface area contributed by atoms with Crippen LogP contribution in [-0.2, 0) is 16.4 Å². The molecule has 4 rings (SSSR count). The Hall–Kier alpha value is -4.04. The van der Waals surface area contributed by atoms with Crippen molar-refractivity contribution < 1.29 is 13.2 Å². The molecule has 0 aliphatic carbocycles. The van der Waals surface area contributed by atoms with Crippen LogP contribution in [0, 0.1) is 0 Å². The Kier molecular flexibility index (Phi) is 5.96. The molecule has 1 amide bonds. The van der Waals surface area contributed by atoms with Crippen LogP contribution >= 0.6 is 0 Å². The molecule has 0 aliphatic rings. The lowest BCUT2D eigenvalue weighted by Crippen LogP contribution is -2.31. The number of rotatable bonds is 6. The van der Waals surface area contributed by atoms with E-state index >= 15 is 0 Å². The molecular formula is C24H19N3O4S. The number of nitrogens with one attached hydrogen (secondary N) is 1. The van der Waals surface area contributed by atoms with Gasteiger partial charge in [0.2, 0.25) is 15.3 Å². The van der Waals surface area contributed by atoms with Crippen molar-refractivity contribution in [2.75, 3.05) is 0 Å². The summed E-state index contributed by atoms with van der Waals surface area (Å²) in [5, 5.41) is 6.82. The van der Waals surface area contributed by atoms with Crippen molar-refractivity contribution in [3.63, 3.8) is 0 Å². The highest BCUT2D eigenvalue weighted by atomic mass is 32.2. The van der Waals surface area contributed by atoms with Crippen LogP contribution in [0.3, 0.4) is 0 Å². The van der Waals surface area contributed by atoms with Gasteiger partial charge in [0.1, 0.15) is 0 Å². The van der Waals surface area contributed by atoms with Crippen molar-refractivity contribution in [1.82, 2.24) is 15.1 Å². The number of para-hydroxylation sites is 1. The molecule has 0 bridgehead atoms. The normalized spacial score (nSPS) is 11.1. The number of aromatic nitrogens is 2. The minimum atomic E-state index is -3.85. The molecule has 0 spiro atoms. The zero-order chi connectivity index (χ0) is 22.6. The minimum absolute atomic E-state index is 0.0120. The lowest BCUT2D eigenvalue weighted by atomic mass is 10.2. The van der Waals surface area contributed by atoms with Crippen molar-refractivity contribution in [3.8, 4) is 5.69 Å². The van der Waals surface area contributed by atoms with Gasteiger partial charge in [0, 0.05) is 18.8 Å². The summed E-state index contributed by atoms with van der Waals surface area (Å²) in [5.41, 5.74) is 0.218. The molecule has 7 nitrogen and oxygen atoms in total. The van der Waals surface area contributed by atoms with Gasteiger partial charge in [0.25, 0.3) is 5.91 Å². The van der Waals surface area contributed by atoms with Crippen LogP contribution in [0.4, 0.5) is 0 Å². The van der Waals surface area contributed by atoms with Gasteiger partial charge in [-0.05, 0) is 29.8 Å². The van der Waals surface area contributed by atoms with Crippen molar-refractivity contribution in [2.24, 2.45) is 0 Å². The second-order valence-corrected chi connectivity index (χ2v) is 8.84. The fourth-order valence-corrected chi connectivity index (χ4v) is 4.63. The zero-order valence-electron chi connectivity index (χ0n) is 16.9. The van der Waals surface area contributed by atoms with Crippen molar-refractivity contribution >= 4 is 15.7 Å². The Labute approximate surface area is 184 Å². The first-order valence-electron chi connectivity index (χ1n) is 9.78. The van der Waals surface area contributed by atoms with E-state index < -0.39 is 21.2 Å². The van der Waals surface area contributed by atoms with E-state index in [1.165, 1.54) is 35.1 Å². The third-order valence-electron chi connectivity index (χ3n) is 4.77.